The number of hydrogen-bond acceptors (Lipinski definition) is 8. The van der Waals surface area contributed by atoms with Crippen molar-refractivity contribution in [2.75, 3.05) is 38.7 Å². The number of nitrogens with zero attached hydrogens (tertiary/aromatic N) is 6. The molecule has 1 saturated heterocycles. The van der Waals surface area contributed by atoms with Crippen molar-refractivity contribution in [2.24, 2.45) is 5.41 Å². The number of hydrogen-bond donors (Lipinski definition) is 2. The van der Waals surface area contributed by atoms with Gasteiger partial charge in [-0.15, -0.1) is 5.10 Å². The molecule has 0 bridgehead atoms. The summed E-state index contributed by atoms with van der Waals surface area (Å²) in [6.07, 6.45) is 8.73. The molecule has 1 amide bonds. The maximum absolute atomic E-state index is 13.8. The summed E-state index contributed by atoms with van der Waals surface area (Å²) in [5.41, 5.74) is 2.93. The van der Waals surface area contributed by atoms with E-state index in [2.05, 4.69) is 37.1 Å². The molecule has 2 aliphatic rings. The molecule has 2 fully saturated rings. The monoisotopic (exact) mass is 581 g/mol. The van der Waals surface area contributed by atoms with Crippen molar-refractivity contribution in [3.63, 3.8) is 0 Å². The molecule has 0 radical (unpaired) electrons. The maximum Gasteiger partial charge on any atom is 0.250 e. The summed E-state index contributed by atoms with van der Waals surface area (Å²) in [6.45, 7) is 14.5. The van der Waals surface area contributed by atoms with E-state index in [1.165, 1.54) is 0 Å². The highest BCUT2D eigenvalue weighted by molar-refractivity contribution is 5.85. The number of ether oxygens (including phenoxy) is 2. The van der Waals surface area contributed by atoms with Crippen LogP contribution in [0.3, 0.4) is 0 Å². The van der Waals surface area contributed by atoms with E-state index in [0.717, 1.165) is 48.0 Å². The van der Waals surface area contributed by atoms with Gasteiger partial charge in [-0.3, -0.25) is 9.48 Å². The van der Waals surface area contributed by atoms with Crippen LogP contribution in [0.4, 0.5) is 5.95 Å². The Kier molecular flexibility index (Phi) is 8.65. The largest absolute Gasteiger partial charge is 0.393 e. The van der Waals surface area contributed by atoms with Gasteiger partial charge in [0.1, 0.15) is 5.54 Å². The number of methoxy groups -OCH3 is 1. The third-order valence-electron chi connectivity index (χ3n) is 8.76. The molecule has 3 aromatic rings. The summed E-state index contributed by atoms with van der Waals surface area (Å²) in [5.74, 6) is 0.842. The van der Waals surface area contributed by atoms with E-state index in [0.29, 0.717) is 32.3 Å². The normalized spacial score (nSPS) is 22.9. The lowest BCUT2D eigenvalue weighted by Crippen LogP contribution is -2.55. The molecule has 11 heteroatoms. The molecular weight excluding hydrogens is 534 g/mol. The fourth-order valence-corrected chi connectivity index (χ4v) is 6.10. The number of morpholine rings is 1. The molecule has 0 aromatic carbocycles. The summed E-state index contributed by atoms with van der Waals surface area (Å²) in [4.78, 5) is 20.3. The molecule has 1 aliphatic carbocycles. The summed E-state index contributed by atoms with van der Waals surface area (Å²) in [6, 6.07) is 2.24. The molecule has 2 atom stereocenters. The van der Waals surface area contributed by atoms with Crippen LogP contribution >= 0.6 is 0 Å². The van der Waals surface area contributed by atoms with Crippen LogP contribution in [-0.4, -0.2) is 92.0 Å². The summed E-state index contributed by atoms with van der Waals surface area (Å²) in [7, 11) is 1.68. The van der Waals surface area contributed by atoms with Crippen molar-refractivity contribution in [1.82, 2.24) is 29.3 Å². The first-order chi connectivity index (χ1) is 19.9. The highest BCUT2D eigenvalue weighted by Crippen LogP contribution is 2.38. The summed E-state index contributed by atoms with van der Waals surface area (Å²) >= 11 is 0. The minimum absolute atomic E-state index is 0.0110. The highest BCUT2D eigenvalue weighted by Gasteiger charge is 2.39. The van der Waals surface area contributed by atoms with Crippen LogP contribution in [0.5, 0.6) is 0 Å². The highest BCUT2D eigenvalue weighted by atomic mass is 16.5. The number of fused-ring (bicyclic) bond motifs is 1. The number of rotatable bonds is 8. The number of aliphatic hydroxyl groups is 1. The molecule has 1 saturated carbocycles. The first-order valence-corrected chi connectivity index (χ1v) is 15.2. The Morgan fingerprint density at radius 1 is 1.19 bits per heavy atom. The molecule has 4 heterocycles. The minimum Gasteiger partial charge on any atom is -0.393 e. The zero-order chi connectivity index (χ0) is 30.2. The van der Waals surface area contributed by atoms with Gasteiger partial charge in [0, 0.05) is 55.2 Å². The minimum atomic E-state index is -0.874. The summed E-state index contributed by atoms with van der Waals surface area (Å²) in [5, 5.41) is 23.0. The molecular formula is C31H47N7O4. The molecule has 230 valence electrons. The van der Waals surface area contributed by atoms with Gasteiger partial charge in [0.25, 0.3) is 0 Å². The van der Waals surface area contributed by atoms with E-state index in [-0.39, 0.29) is 35.5 Å². The van der Waals surface area contributed by atoms with Gasteiger partial charge in [-0.2, -0.15) is 5.10 Å². The lowest BCUT2D eigenvalue weighted by molar-refractivity contribution is -0.151. The fraction of sp³-hybridized carbons (Fsp3) is 0.677. The Morgan fingerprint density at radius 2 is 1.93 bits per heavy atom. The van der Waals surface area contributed by atoms with Crippen LogP contribution in [-0.2, 0) is 19.8 Å². The van der Waals surface area contributed by atoms with Gasteiger partial charge in [0.15, 0.2) is 0 Å². The zero-order valence-corrected chi connectivity index (χ0v) is 26.1. The molecule has 1 unspecified atom stereocenters. The second-order valence-electron chi connectivity index (χ2n) is 13.6. The SMILES string of the molecule is COC[C@H](C)Nc1ncc2c(-c3cnn(C(C)(C)C(=O)N4CCOC(C(C)(C)C)C4)c3)cc(C3CCC(O)CC3)n2n1. The van der Waals surface area contributed by atoms with Crippen LogP contribution in [0.1, 0.15) is 78.8 Å². The van der Waals surface area contributed by atoms with Gasteiger partial charge in [-0.1, -0.05) is 20.8 Å². The predicted octanol–water partition coefficient (Wildman–Crippen LogP) is 4.07. The molecule has 2 N–H and O–H groups in total. The average molecular weight is 582 g/mol. The second-order valence-corrected chi connectivity index (χ2v) is 13.6. The van der Waals surface area contributed by atoms with Crippen LogP contribution in [0.15, 0.2) is 24.7 Å². The Balaban J connectivity index is 1.46. The van der Waals surface area contributed by atoms with Gasteiger partial charge in [-0.05, 0) is 57.9 Å². The van der Waals surface area contributed by atoms with Crippen LogP contribution in [0, 0.1) is 5.41 Å². The topological polar surface area (TPSA) is 119 Å². The Hall–Kier alpha value is -3.02. The van der Waals surface area contributed by atoms with Crippen molar-refractivity contribution >= 4 is 17.4 Å². The lowest BCUT2D eigenvalue weighted by atomic mass is 9.85. The third kappa shape index (κ3) is 6.18. The smallest absolute Gasteiger partial charge is 0.250 e. The van der Waals surface area contributed by atoms with Crippen molar-refractivity contribution in [3.8, 4) is 11.1 Å². The second kappa shape index (κ2) is 11.9. The van der Waals surface area contributed by atoms with Gasteiger partial charge >= 0.3 is 0 Å². The van der Waals surface area contributed by atoms with E-state index >= 15 is 0 Å². The van der Waals surface area contributed by atoms with Gasteiger partial charge in [-0.25, -0.2) is 9.50 Å². The molecule has 3 aromatic heterocycles. The predicted molar refractivity (Wildman–Crippen MR) is 161 cm³/mol. The Morgan fingerprint density at radius 3 is 2.62 bits per heavy atom. The fourth-order valence-electron chi connectivity index (χ4n) is 6.10. The van der Waals surface area contributed by atoms with Gasteiger partial charge < -0.3 is 24.8 Å². The van der Waals surface area contributed by atoms with E-state index < -0.39 is 5.54 Å². The molecule has 0 spiro atoms. The summed E-state index contributed by atoms with van der Waals surface area (Å²) < 4.78 is 15.0. The van der Waals surface area contributed by atoms with Crippen LogP contribution in [0.25, 0.3) is 16.6 Å². The number of nitrogens with one attached hydrogen (secondary N) is 1. The number of amides is 1. The maximum atomic E-state index is 13.8. The first kappa shape index (κ1) is 30.4. The number of carbonyl (C=O) groups excluding carboxylic acids is 1. The third-order valence-corrected chi connectivity index (χ3v) is 8.76. The van der Waals surface area contributed by atoms with E-state index in [4.69, 9.17) is 19.7 Å². The van der Waals surface area contributed by atoms with Crippen molar-refractivity contribution in [3.05, 3.63) is 30.4 Å². The van der Waals surface area contributed by atoms with Crippen LogP contribution < -0.4 is 5.32 Å². The Labute approximate surface area is 248 Å². The lowest BCUT2D eigenvalue weighted by Gasteiger charge is -2.42. The Bertz CT molecular complexity index is 1380. The van der Waals surface area contributed by atoms with Crippen molar-refractivity contribution < 1.29 is 19.4 Å². The molecule has 5 rings (SSSR count). The zero-order valence-electron chi connectivity index (χ0n) is 26.1. The molecule has 1 aliphatic heterocycles. The van der Waals surface area contributed by atoms with Gasteiger partial charge in [0.05, 0.1) is 43.3 Å². The first-order valence-electron chi connectivity index (χ1n) is 15.2. The van der Waals surface area contributed by atoms with E-state index in [9.17, 15) is 9.90 Å². The quantitative estimate of drug-likeness (QED) is 0.409. The van der Waals surface area contributed by atoms with E-state index in [1.54, 1.807) is 11.8 Å². The molecule has 42 heavy (non-hydrogen) atoms. The van der Waals surface area contributed by atoms with Crippen LogP contribution in [0.2, 0.25) is 0 Å². The number of anilines is 1. The number of aliphatic hydroxyl groups excluding tert-OH is 1. The van der Waals surface area contributed by atoms with Gasteiger partial charge in [0.2, 0.25) is 11.9 Å². The average Bonchev–Trinajstić information content (AvgIpc) is 3.59. The number of aromatic nitrogens is 5. The molecule has 11 nitrogen and oxygen atoms in total. The number of carbonyl (C=O) groups is 1. The van der Waals surface area contributed by atoms with Crippen molar-refractivity contribution in [1.29, 1.82) is 0 Å². The van der Waals surface area contributed by atoms with E-state index in [1.807, 2.05) is 48.8 Å². The van der Waals surface area contributed by atoms with Crippen molar-refractivity contribution in [2.45, 2.75) is 96.9 Å². The standard InChI is InChI=1S/C31H47N7O4/c1-20(19-41-7)34-29-32-16-26-24(14-25(38(26)35-29)21-8-10-23(39)11-9-21)22-15-33-37(17-22)31(5,6)28(40)36-12-13-42-27(18-36)30(2,3)4/h14-17,20-21,23,27,39H,8-13,18-19H2,1-7H3,(H,34,35)/t20-,21?,23?,27?/m0/s1.